The van der Waals surface area contributed by atoms with Crippen LogP contribution in [0.25, 0.3) is 16.0 Å². The van der Waals surface area contributed by atoms with E-state index in [0.717, 1.165) is 16.1 Å². The van der Waals surface area contributed by atoms with Gasteiger partial charge in [-0.25, -0.2) is 0 Å². The highest BCUT2D eigenvalue weighted by molar-refractivity contribution is 7.16. The summed E-state index contributed by atoms with van der Waals surface area (Å²) in [6.07, 6.45) is 0.549. The second kappa shape index (κ2) is 4.29. The molecule has 4 nitrogen and oxygen atoms in total. The molecular weight excluding hydrogens is 262 g/mol. The fraction of sp³-hybridized carbons (Fsp3) is 0.143. The summed E-state index contributed by atoms with van der Waals surface area (Å²) in [5.74, 6) is -0.934. The van der Waals surface area contributed by atoms with E-state index in [1.54, 1.807) is 12.3 Å². The number of rotatable bonds is 2. The van der Waals surface area contributed by atoms with Crippen LogP contribution >= 0.6 is 11.3 Å². The first kappa shape index (κ1) is 12.1. The zero-order valence-electron chi connectivity index (χ0n) is 10.1. The van der Waals surface area contributed by atoms with E-state index in [1.807, 2.05) is 25.1 Å². The average molecular weight is 273 g/mol. The van der Waals surface area contributed by atoms with E-state index in [2.05, 4.69) is 4.98 Å². The van der Waals surface area contributed by atoms with Crippen LogP contribution in [0.5, 0.6) is 0 Å². The Bertz CT molecular complexity index is 702. The first-order valence-electron chi connectivity index (χ1n) is 5.76. The van der Waals surface area contributed by atoms with E-state index in [4.69, 9.17) is 0 Å². The molecule has 2 heterocycles. The van der Waals surface area contributed by atoms with E-state index in [9.17, 15) is 15.0 Å². The van der Waals surface area contributed by atoms with Crippen LogP contribution in [0.1, 0.15) is 10.6 Å². The van der Waals surface area contributed by atoms with Gasteiger partial charge in [0.2, 0.25) is 5.78 Å². The van der Waals surface area contributed by atoms with Gasteiger partial charge in [-0.05, 0) is 36.8 Å². The van der Waals surface area contributed by atoms with Crippen LogP contribution in [0.2, 0.25) is 0 Å². The lowest BCUT2D eigenvalue weighted by Crippen LogP contribution is -2.34. The van der Waals surface area contributed by atoms with Crippen molar-refractivity contribution in [1.29, 1.82) is 0 Å². The lowest BCUT2D eigenvalue weighted by molar-refractivity contribution is -0.125. The summed E-state index contributed by atoms with van der Waals surface area (Å²) in [7, 11) is 0. The number of thiophene rings is 1. The van der Waals surface area contributed by atoms with Crippen molar-refractivity contribution in [3.05, 3.63) is 46.8 Å². The van der Waals surface area contributed by atoms with Crippen molar-refractivity contribution in [1.82, 2.24) is 4.98 Å². The molecular formula is C14H11NO3S. The summed E-state index contributed by atoms with van der Waals surface area (Å²) >= 11 is 1.43. The number of nitrogens with zero attached hydrogens (tertiary/aromatic N) is 1. The standard InChI is InChI=1S/C14H11NO3S/c1-7-6-8(4-5-15-7)9-2-3-10(19-9)11-12(16)14(18)13(11)17/h2-6,12,16-17H,1H3. The lowest BCUT2D eigenvalue weighted by Gasteiger charge is -2.22. The summed E-state index contributed by atoms with van der Waals surface area (Å²) in [5.41, 5.74) is 2.28. The number of aromatic nitrogens is 1. The molecule has 2 aromatic heterocycles. The molecule has 19 heavy (non-hydrogen) atoms. The smallest absolute Gasteiger partial charge is 0.230 e. The molecule has 1 aliphatic carbocycles. The van der Waals surface area contributed by atoms with Gasteiger partial charge in [-0.1, -0.05) is 0 Å². The van der Waals surface area contributed by atoms with Crippen molar-refractivity contribution in [3.63, 3.8) is 0 Å². The molecule has 0 radical (unpaired) electrons. The normalized spacial score (nSPS) is 18.6. The molecule has 0 amide bonds. The Morgan fingerprint density at radius 1 is 1.26 bits per heavy atom. The molecule has 1 aliphatic rings. The van der Waals surface area contributed by atoms with E-state index in [-0.39, 0.29) is 5.76 Å². The van der Waals surface area contributed by atoms with Crippen molar-refractivity contribution in [2.24, 2.45) is 0 Å². The van der Waals surface area contributed by atoms with Crippen LogP contribution in [0.4, 0.5) is 0 Å². The summed E-state index contributed by atoms with van der Waals surface area (Å²) in [6, 6.07) is 7.58. The molecule has 0 saturated heterocycles. The van der Waals surface area contributed by atoms with Crippen LogP contribution in [0.15, 0.2) is 36.2 Å². The largest absolute Gasteiger partial charge is 0.504 e. The fourth-order valence-electron chi connectivity index (χ4n) is 2.03. The molecule has 1 unspecified atom stereocenters. The Morgan fingerprint density at radius 3 is 2.68 bits per heavy atom. The third-order valence-corrected chi connectivity index (χ3v) is 4.23. The summed E-state index contributed by atoms with van der Waals surface area (Å²) < 4.78 is 0. The Morgan fingerprint density at radius 2 is 2.00 bits per heavy atom. The second-order valence-electron chi connectivity index (χ2n) is 4.38. The van der Waals surface area contributed by atoms with E-state index < -0.39 is 11.9 Å². The minimum atomic E-state index is -1.19. The number of aliphatic hydroxyl groups excluding tert-OH is 2. The molecule has 96 valence electrons. The zero-order valence-corrected chi connectivity index (χ0v) is 10.9. The van der Waals surface area contributed by atoms with Crippen molar-refractivity contribution >= 4 is 22.7 Å². The van der Waals surface area contributed by atoms with Crippen molar-refractivity contribution in [3.8, 4) is 10.4 Å². The Labute approximate surface area is 113 Å². The van der Waals surface area contributed by atoms with Crippen LogP contribution in [-0.4, -0.2) is 27.1 Å². The number of Topliss-reactive ketones (excluding diaryl/α,β-unsaturated/α-hetero) is 1. The van der Waals surface area contributed by atoms with Crippen molar-refractivity contribution in [2.75, 3.05) is 0 Å². The second-order valence-corrected chi connectivity index (χ2v) is 5.46. The molecule has 0 aliphatic heterocycles. The van der Waals surface area contributed by atoms with Crippen LogP contribution in [-0.2, 0) is 4.79 Å². The van der Waals surface area contributed by atoms with E-state index in [0.29, 0.717) is 10.5 Å². The highest BCUT2D eigenvalue weighted by atomic mass is 32.1. The monoisotopic (exact) mass is 273 g/mol. The fourth-order valence-corrected chi connectivity index (χ4v) is 3.11. The summed E-state index contributed by atoms with van der Waals surface area (Å²) in [5, 5.41) is 19.0. The van der Waals surface area contributed by atoms with Gasteiger partial charge >= 0.3 is 0 Å². The van der Waals surface area contributed by atoms with Crippen LogP contribution in [0.3, 0.4) is 0 Å². The number of carbonyl (C=O) groups excluding carboxylic acids is 1. The third-order valence-electron chi connectivity index (χ3n) is 3.06. The molecule has 3 rings (SSSR count). The van der Waals surface area contributed by atoms with E-state index >= 15 is 0 Å². The van der Waals surface area contributed by atoms with E-state index in [1.165, 1.54) is 11.3 Å². The molecule has 5 heteroatoms. The first-order valence-corrected chi connectivity index (χ1v) is 6.58. The minimum Gasteiger partial charge on any atom is -0.504 e. The Balaban J connectivity index is 1.99. The van der Waals surface area contributed by atoms with Gasteiger partial charge in [0.1, 0.15) is 0 Å². The summed E-state index contributed by atoms with van der Waals surface area (Å²) in [6.45, 7) is 1.92. The quantitative estimate of drug-likeness (QED) is 0.881. The Kier molecular flexibility index (Phi) is 2.73. The minimum absolute atomic E-state index is 0.326. The maximum atomic E-state index is 11.1. The van der Waals surface area contributed by atoms with Crippen LogP contribution in [0, 0.1) is 6.92 Å². The SMILES string of the molecule is Cc1cc(-c2ccc(C3=C(O)C(=O)C3O)s2)ccn1. The van der Waals surface area contributed by atoms with Crippen LogP contribution < -0.4 is 0 Å². The maximum absolute atomic E-state index is 11.1. The number of aliphatic hydroxyl groups is 2. The zero-order chi connectivity index (χ0) is 13.6. The molecule has 0 fully saturated rings. The number of hydrogen-bond acceptors (Lipinski definition) is 5. The molecule has 0 saturated carbocycles. The third kappa shape index (κ3) is 1.87. The van der Waals surface area contributed by atoms with Crippen molar-refractivity contribution < 1.29 is 15.0 Å². The highest BCUT2D eigenvalue weighted by Gasteiger charge is 2.39. The van der Waals surface area contributed by atoms with Gasteiger partial charge in [-0.3, -0.25) is 9.78 Å². The highest BCUT2D eigenvalue weighted by Crippen LogP contribution is 2.39. The first-order chi connectivity index (χ1) is 9.08. The maximum Gasteiger partial charge on any atom is 0.230 e. The van der Waals surface area contributed by atoms with Crippen molar-refractivity contribution in [2.45, 2.75) is 13.0 Å². The number of hydrogen-bond donors (Lipinski definition) is 2. The van der Waals surface area contributed by atoms with Gasteiger partial charge in [0.25, 0.3) is 0 Å². The number of pyridine rings is 1. The van der Waals surface area contributed by atoms with Gasteiger partial charge in [0.15, 0.2) is 11.9 Å². The predicted molar refractivity (Wildman–Crippen MR) is 72.8 cm³/mol. The number of carbonyl (C=O) groups is 1. The molecule has 0 aromatic carbocycles. The Hall–Kier alpha value is -1.98. The number of aryl methyl sites for hydroxylation is 1. The van der Waals surface area contributed by atoms with Gasteiger partial charge in [-0.15, -0.1) is 11.3 Å². The molecule has 0 spiro atoms. The molecule has 1 atom stereocenters. The average Bonchev–Trinajstić information content (AvgIpc) is 2.88. The van der Waals surface area contributed by atoms with Gasteiger partial charge in [0.05, 0.1) is 5.57 Å². The predicted octanol–water partition coefficient (Wildman–Crippen LogP) is 2.33. The topological polar surface area (TPSA) is 70.4 Å². The number of ketones is 1. The molecule has 2 aromatic rings. The molecule has 0 bridgehead atoms. The van der Waals surface area contributed by atoms with Gasteiger partial charge in [0, 0.05) is 21.6 Å². The lowest BCUT2D eigenvalue weighted by atomic mass is 9.90. The van der Waals surface area contributed by atoms with Gasteiger partial charge in [-0.2, -0.15) is 0 Å². The molecule has 2 N–H and O–H groups in total. The van der Waals surface area contributed by atoms with Gasteiger partial charge < -0.3 is 10.2 Å². The summed E-state index contributed by atoms with van der Waals surface area (Å²) in [4.78, 5) is 17.0.